The average molecular weight is 344 g/mol. The average Bonchev–Trinajstić information content (AvgIpc) is 2.66. The highest BCUT2D eigenvalue weighted by Gasteiger charge is 2.24. The van der Waals surface area contributed by atoms with Gasteiger partial charge in [-0.1, -0.05) is 60.1 Å². The van der Waals surface area contributed by atoms with E-state index in [0.29, 0.717) is 11.6 Å². The summed E-state index contributed by atoms with van der Waals surface area (Å²) in [5.41, 5.74) is 6.38. The second-order valence-electron chi connectivity index (χ2n) is 6.13. The third kappa shape index (κ3) is 2.30. The molecule has 0 spiro atoms. The van der Waals surface area contributed by atoms with Crippen LogP contribution in [0, 0.1) is 0 Å². The third-order valence-electron chi connectivity index (χ3n) is 4.63. The van der Waals surface area contributed by atoms with Crippen molar-refractivity contribution in [1.82, 2.24) is 4.98 Å². The summed E-state index contributed by atoms with van der Waals surface area (Å²) in [6.45, 7) is 0.516. The summed E-state index contributed by atoms with van der Waals surface area (Å²) in [5.74, 6) is 0.878. The lowest BCUT2D eigenvalue weighted by atomic mass is 9.91. The summed E-state index contributed by atoms with van der Waals surface area (Å²) < 4.78 is 6.02. The Kier molecular flexibility index (Phi) is 3.25. The number of hydrogen-bond donors (Lipinski definition) is 0. The molecule has 5 rings (SSSR count). The molecule has 25 heavy (non-hydrogen) atoms. The quantitative estimate of drug-likeness (QED) is 0.415. The minimum Gasteiger partial charge on any atom is -0.488 e. The molecular weight excluding hydrogens is 330 g/mol. The van der Waals surface area contributed by atoms with Crippen molar-refractivity contribution in [3.05, 3.63) is 83.4 Å². The van der Waals surface area contributed by atoms with Crippen LogP contribution in [-0.4, -0.2) is 4.98 Å². The van der Waals surface area contributed by atoms with Crippen molar-refractivity contribution in [3.63, 3.8) is 0 Å². The van der Waals surface area contributed by atoms with Crippen LogP contribution in [0.4, 0.5) is 0 Å². The summed E-state index contributed by atoms with van der Waals surface area (Å²) in [4.78, 5) is 4.94. The van der Waals surface area contributed by atoms with E-state index in [2.05, 4.69) is 30.3 Å². The Morgan fingerprint density at radius 2 is 1.68 bits per heavy atom. The normalized spacial score (nSPS) is 12.4. The molecule has 0 atom stereocenters. The summed E-state index contributed by atoms with van der Waals surface area (Å²) in [7, 11) is 0. The van der Waals surface area contributed by atoms with Crippen LogP contribution < -0.4 is 4.74 Å². The molecule has 2 nitrogen and oxygen atoms in total. The molecule has 0 radical (unpaired) electrons. The number of benzene rings is 3. The van der Waals surface area contributed by atoms with Gasteiger partial charge >= 0.3 is 0 Å². The van der Waals surface area contributed by atoms with Crippen molar-refractivity contribution in [2.75, 3.05) is 0 Å². The number of hydrogen-bond acceptors (Lipinski definition) is 2. The zero-order valence-corrected chi connectivity index (χ0v) is 14.1. The molecule has 0 aliphatic carbocycles. The van der Waals surface area contributed by atoms with E-state index in [1.807, 2.05) is 42.5 Å². The number of rotatable bonds is 1. The maximum Gasteiger partial charge on any atom is 0.129 e. The van der Waals surface area contributed by atoms with Crippen LogP contribution >= 0.6 is 11.6 Å². The minimum absolute atomic E-state index is 0.516. The second kappa shape index (κ2) is 5.61. The molecule has 0 saturated heterocycles. The number of halogens is 1. The molecule has 0 N–H and O–H groups in total. The number of para-hydroxylation sites is 1. The summed E-state index contributed by atoms with van der Waals surface area (Å²) in [5, 5.41) is 1.79. The fourth-order valence-electron chi connectivity index (χ4n) is 3.51. The molecule has 3 heteroatoms. The molecular formula is C22H14ClNO. The first kappa shape index (κ1) is 14.5. The van der Waals surface area contributed by atoms with Gasteiger partial charge in [-0.05, 0) is 35.4 Å². The first-order valence-corrected chi connectivity index (χ1v) is 8.59. The predicted molar refractivity (Wildman–Crippen MR) is 102 cm³/mol. The van der Waals surface area contributed by atoms with Crippen molar-refractivity contribution in [2.45, 2.75) is 6.61 Å². The molecule has 0 fully saturated rings. The molecule has 4 aromatic rings. The molecule has 120 valence electrons. The lowest BCUT2D eigenvalue weighted by Gasteiger charge is -2.24. The van der Waals surface area contributed by atoms with Crippen LogP contribution in [0.3, 0.4) is 0 Å². The first-order valence-electron chi connectivity index (χ1n) is 8.21. The zero-order valence-electron chi connectivity index (χ0n) is 13.4. The number of aromatic nitrogens is 1. The lowest BCUT2D eigenvalue weighted by Crippen LogP contribution is -2.09. The summed E-state index contributed by atoms with van der Waals surface area (Å²) >= 11 is 6.24. The fraction of sp³-hybridized carbons (Fsp3) is 0.0455. The van der Waals surface area contributed by atoms with E-state index >= 15 is 0 Å². The number of pyridine rings is 1. The van der Waals surface area contributed by atoms with E-state index in [9.17, 15) is 0 Å². The number of ether oxygens (including phenoxy) is 1. The van der Waals surface area contributed by atoms with E-state index in [0.717, 1.165) is 39.0 Å². The van der Waals surface area contributed by atoms with Gasteiger partial charge in [0, 0.05) is 21.5 Å². The molecule has 1 aliphatic rings. The molecule has 1 aliphatic heterocycles. The van der Waals surface area contributed by atoms with Gasteiger partial charge in [0.05, 0.1) is 11.2 Å². The summed E-state index contributed by atoms with van der Waals surface area (Å²) in [6, 6.07) is 24.4. The minimum atomic E-state index is 0.516. The van der Waals surface area contributed by atoms with Gasteiger partial charge in [-0.25, -0.2) is 4.98 Å². The van der Waals surface area contributed by atoms with E-state index < -0.39 is 0 Å². The van der Waals surface area contributed by atoms with E-state index in [4.69, 9.17) is 21.3 Å². The second-order valence-corrected chi connectivity index (χ2v) is 6.56. The van der Waals surface area contributed by atoms with Crippen LogP contribution in [0.5, 0.6) is 5.75 Å². The lowest BCUT2D eigenvalue weighted by molar-refractivity contribution is 0.302. The number of nitrogens with zero attached hydrogens (tertiary/aromatic N) is 1. The van der Waals surface area contributed by atoms with Crippen molar-refractivity contribution < 1.29 is 4.74 Å². The molecule has 2 heterocycles. The van der Waals surface area contributed by atoms with E-state index in [1.54, 1.807) is 0 Å². The van der Waals surface area contributed by atoms with Gasteiger partial charge in [-0.3, -0.25) is 0 Å². The highest BCUT2D eigenvalue weighted by atomic mass is 35.5. The highest BCUT2D eigenvalue weighted by molar-refractivity contribution is 6.31. The summed E-state index contributed by atoms with van der Waals surface area (Å²) in [6.07, 6.45) is 0. The first-order chi connectivity index (χ1) is 12.3. The van der Waals surface area contributed by atoms with Crippen LogP contribution in [0.1, 0.15) is 5.56 Å². The van der Waals surface area contributed by atoms with Crippen molar-refractivity contribution in [3.8, 4) is 28.1 Å². The van der Waals surface area contributed by atoms with Gasteiger partial charge < -0.3 is 4.74 Å². The van der Waals surface area contributed by atoms with Gasteiger partial charge in [0.25, 0.3) is 0 Å². The molecule has 3 aromatic carbocycles. The van der Waals surface area contributed by atoms with Gasteiger partial charge in [-0.15, -0.1) is 0 Å². The topological polar surface area (TPSA) is 22.1 Å². The Morgan fingerprint density at radius 3 is 2.56 bits per heavy atom. The van der Waals surface area contributed by atoms with Crippen molar-refractivity contribution >= 4 is 22.5 Å². The third-order valence-corrected chi connectivity index (χ3v) is 4.86. The van der Waals surface area contributed by atoms with Crippen LogP contribution in [0.15, 0.2) is 72.8 Å². The predicted octanol–water partition coefficient (Wildman–Crippen LogP) is 6.11. The monoisotopic (exact) mass is 343 g/mol. The maximum absolute atomic E-state index is 6.24. The van der Waals surface area contributed by atoms with Crippen molar-refractivity contribution in [2.24, 2.45) is 0 Å². The van der Waals surface area contributed by atoms with Gasteiger partial charge in [0.15, 0.2) is 0 Å². The van der Waals surface area contributed by atoms with Crippen LogP contribution in [0.25, 0.3) is 33.3 Å². The molecule has 0 unspecified atom stereocenters. The fourth-order valence-corrected chi connectivity index (χ4v) is 3.68. The molecule has 0 amide bonds. The van der Waals surface area contributed by atoms with Crippen LogP contribution in [0.2, 0.25) is 5.02 Å². The Balaban J connectivity index is 1.92. The Bertz CT molecular complexity index is 1110. The number of fused-ring (bicyclic) bond motifs is 4. The van der Waals surface area contributed by atoms with E-state index in [1.165, 1.54) is 5.56 Å². The molecule has 0 saturated carbocycles. The Hall–Kier alpha value is -2.84. The Labute approximate surface area is 150 Å². The van der Waals surface area contributed by atoms with Crippen molar-refractivity contribution in [1.29, 1.82) is 0 Å². The van der Waals surface area contributed by atoms with Gasteiger partial charge in [0.1, 0.15) is 12.4 Å². The zero-order chi connectivity index (χ0) is 16.8. The SMILES string of the molecule is Clc1ccc2c(-c3ccccc3)c3c(nc2c1)-c1ccccc1OC3. The maximum atomic E-state index is 6.24. The van der Waals surface area contributed by atoms with Gasteiger partial charge in [0.2, 0.25) is 0 Å². The standard InChI is InChI=1S/C22H14ClNO/c23-15-10-11-16-19(12-15)24-22-17-8-4-5-9-20(17)25-13-18(22)21(16)14-6-2-1-3-7-14/h1-12H,13H2. The highest BCUT2D eigenvalue weighted by Crippen LogP contribution is 2.43. The van der Waals surface area contributed by atoms with Gasteiger partial charge in [-0.2, -0.15) is 0 Å². The van der Waals surface area contributed by atoms with E-state index in [-0.39, 0.29) is 0 Å². The van der Waals surface area contributed by atoms with Crippen LogP contribution in [-0.2, 0) is 6.61 Å². The smallest absolute Gasteiger partial charge is 0.129 e. The largest absolute Gasteiger partial charge is 0.488 e. The molecule has 0 bridgehead atoms. The molecule has 1 aromatic heterocycles. The Morgan fingerprint density at radius 1 is 0.880 bits per heavy atom.